The lowest BCUT2D eigenvalue weighted by Gasteiger charge is -2.20. The molecule has 0 aliphatic heterocycles. The third-order valence-corrected chi connectivity index (χ3v) is 2.96. The van der Waals surface area contributed by atoms with Crippen LogP contribution in [0.1, 0.15) is 20.3 Å². The highest BCUT2D eigenvalue weighted by Gasteiger charge is 2.06. The lowest BCUT2D eigenvalue weighted by molar-refractivity contribution is 0.211. The number of amidine groups is 1. The van der Waals surface area contributed by atoms with Crippen molar-refractivity contribution in [1.29, 1.82) is 5.41 Å². The molecule has 1 rings (SSSR count). The second kappa shape index (κ2) is 9.20. The summed E-state index contributed by atoms with van der Waals surface area (Å²) in [4.78, 5) is 2.21. The van der Waals surface area contributed by atoms with Crippen molar-refractivity contribution in [2.24, 2.45) is 5.73 Å². The fourth-order valence-corrected chi connectivity index (χ4v) is 1.84. The molecule has 0 aromatic heterocycles. The smallest absolute Gasteiger partial charge is 0.161 e. The molecule has 0 heterocycles. The maximum atomic E-state index is 7.25. The Bertz CT molecular complexity index is 410. The first-order valence-electron chi connectivity index (χ1n) is 7.07. The highest BCUT2D eigenvalue weighted by Crippen LogP contribution is 2.26. The Kier molecular flexibility index (Phi) is 7.50. The summed E-state index contributed by atoms with van der Waals surface area (Å²) in [6.45, 7) is 7.79. The normalized spacial score (nSPS) is 10.6. The van der Waals surface area contributed by atoms with E-state index in [-0.39, 0.29) is 5.84 Å². The summed E-state index contributed by atoms with van der Waals surface area (Å²) in [6.07, 6.45) is 0.601. The van der Waals surface area contributed by atoms with E-state index in [9.17, 15) is 0 Å². The molecule has 0 unspecified atom stereocenters. The van der Waals surface area contributed by atoms with Crippen molar-refractivity contribution in [1.82, 2.24) is 4.90 Å². The number of nitrogens with one attached hydrogen (secondary N) is 1. The van der Waals surface area contributed by atoms with Crippen LogP contribution in [0.4, 0.5) is 0 Å². The zero-order valence-electron chi connectivity index (χ0n) is 12.4. The number of nitrogens with zero attached hydrogens (tertiary/aromatic N) is 1. The number of nitrogens with two attached hydrogens (primary N) is 1. The van der Waals surface area contributed by atoms with Gasteiger partial charge in [-0.1, -0.05) is 19.1 Å². The predicted molar refractivity (Wildman–Crippen MR) is 81.8 cm³/mol. The standard InChI is InChI=1S/C15H25N3O2/c1-3-18(10-9-15(16)17)11-12-20-14-8-6-5-7-13(14)19-4-2/h5-8H,3-4,9-12H2,1-2H3,(H3,16,17). The quantitative estimate of drug-likeness (QED) is 0.508. The van der Waals surface area contributed by atoms with E-state index >= 15 is 0 Å². The molecule has 0 aliphatic carbocycles. The molecule has 0 bridgehead atoms. The number of rotatable bonds is 10. The average Bonchev–Trinajstić information content (AvgIpc) is 2.44. The van der Waals surface area contributed by atoms with Crippen molar-refractivity contribution < 1.29 is 9.47 Å². The van der Waals surface area contributed by atoms with Crippen molar-refractivity contribution in [3.8, 4) is 11.5 Å². The van der Waals surface area contributed by atoms with Gasteiger partial charge in [-0.05, 0) is 25.6 Å². The molecule has 1 aromatic rings. The molecule has 0 saturated heterocycles. The molecule has 0 amide bonds. The molecule has 3 N–H and O–H groups in total. The third kappa shape index (κ3) is 5.93. The number of benzene rings is 1. The van der Waals surface area contributed by atoms with Crippen LogP contribution in [0.15, 0.2) is 24.3 Å². The Balaban J connectivity index is 2.40. The summed E-state index contributed by atoms with van der Waals surface area (Å²) in [5, 5.41) is 7.25. The molecule has 0 spiro atoms. The first kappa shape index (κ1) is 16.3. The van der Waals surface area contributed by atoms with Crippen LogP contribution in [0.2, 0.25) is 0 Å². The Hall–Kier alpha value is -1.75. The minimum absolute atomic E-state index is 0.228. The van der Waals surface area contributed by atoms with Gasteiger partial charge in [0.15, 0.2) is 11.5 Å². The Morgan fingerprint density at radius 2 is 1.80 bits per heavy atom. The minimum atomic E-state index is 0.228. The molecule has 0 atom stereocenters. The van der Waals surface area contributed by atoms with Crippen molar-refractivity contribution in [2.45, 2.75) is 20.3 Å². The molecular formula is C15H25N3O2. The van der Waals surface area contributed by atoms with Gasteiger partial charge in [-0.2, -0.15) is 0 Å². The maximum Gasteiger partial charge on any atom is 0.161 e. The van der Waals surface area contributed by atoms with Gasteiger partial charge in [0, 0.05) is 19.5 Å². The zero-order chi connectivity index (χ0) is 14.8. The lowest BCUT2D eigenvalue weighted by Crippen LogP contribution is -2.31. The van der Waals surface area contributed by atoms with Crippen molar-refractivity contribution in [3.63, 3.8) is 0 Å². The van der Waals surface area contributed by atoms with Gasteiger partial charge in [-0.3, -0.25) is 10.3 Å². The molecule has 0 fully saturated rings. The molecule has 0 saturated carbocycles. The van der Waals surface area contributed by atoms with Gasteiger partial charge in [0.25, 0.3) is 0 Å². The molecule has 0 radical (unpaired) electrons. The number of hydrogen-bond acceptors (Lipinski definition) is 4. The van der Waals surface area contributed by atoms with Gasteiger partial charge in [0.1, 0.15) is 6.61 Å². The van der Waals surface area contributed by atoms with Gasteiger partial charge >= 0.3 is 0 Å². The molecular weight excluding hydrogens is 254 g/mol. The number of likely N-dealkylation sites (N-methyl/N-ethyl adjacent to an activating group) is 1. The van der Waals surface area contributed by atoms with Crippen molar-refractivity contribution >= 4 is 5.84 Å². The lowest BCUT2D eigenvalue weighted by atomic mass is 10.3. The summed E-state index contributed by atoms with van der Waals surface area (Å²) >= 11 is 0. The molecule has 5 heteroatoms. The molecule has 20 heavy (non-hydrogen) atoms. The molecule has 0 aliphatic rings. The number of hydrogen-bond donors (Lipinski definition) is 2. The topological polar surface area (TPSA) is 71.6 Å². The molecule has 1 aromatic carbocycles. The Morgan fingerprint density at radius 3 is 2.35 bits per heavy atom. The van der Waals surface area contributed by atoms with E-state index in [0.717, 1.165) is 31.1 Å². The summed E-state index contributed by atoms with van der Waals surface area (Å²) < 4.78 is 11.3. The molecule has 112 valence electrons. The fraction of sp³-hybridized carbons (Fsp3) is 0.533. The van der Waals surface area contributed by atoms with E-state index < -0.39 is 0 Å². The third-order valence-electron chi connectivity index (χ3n) is 2.96. The van der Waals surface area contributed by atoms with Crippen molar-refractivity contribution in [2.75, 3.05) is 32.8 Å². The SMILES string of the molecule is CCOc1ccccc1OCCN(CC)CCC(=N)N. The second-order valence-corrected chi connectivity index (χ2v) is 4.44. The summed E-state index contributed by atoms with van der Waals surface area (Å²) in [5.74, 6) is 1.78. The van der Waals surface area contributed by atoms with Crippen LogP contribution < -0.4 is 15.2 Å². The zero-order valence-corrected chi connectivity index (χ0v) is 12.4. The average molecular weight is 279 g/mol. The van der Waals surface area contributed by atoms with E-state index in [1.165, 1.54) is 0 Å². The number of para-hydroxylation sites is 2. The van der Waals surface area contributed by atoms with Crippen molar-refractivity contribution in [3.05, 3.63) is 24.3 Å². The first-order valence-corrected chi connectivity index (χ1v) is 7.07. The minimum Gasteiger partial charge on any atom is -0.490 e. The van der Waals surface area contributed by atoms with Gasteiger partial charge in [0.2, 0.25) is 0 Å². The summed E-state index contributed by atoms with van der Waals surface area (Å²) in [6, 6.07) is 7.69. The highest BCUT2D eigenvalue weighted by atomic mass is 16.5. The van der Waals surface area contributed by atoms with Gasteiger partial charge in [-0.15, -0.1) is 0 Å². The largest absolute Gasteiger partial charge is 0.490 e. The maximum absolute atomic E-state index is 7.25. The second-order valence-electron chi connectivity index (χ2n) is 4.44. The summed E-state index contributed by atoms with van der Waals surface area (Å²) in [5.41, 5.74) is 5.38. The van der Waals surface area contributed by atoms with Crippen LogP contribution in [0.25, 0.3) is 0 Å². The van der Waals surface area contributed by atoms with Gasteiger partial charge < -0.3 is 15.2 Å². The van der Waals surface area contributed by atoms with Gasteiger partial charge in [0.05, 0.1) is 12.4 Å². The first-order chi connectivity index (χ1) is 9.67. The fourth-order valence-electron chi connectivity index (χ4n) is 1.84. The Morgan fingerprint density at radius 1 is 1.15 bits per heavy atom. The summed E-state index contributed by atoms with van der Waals surface area (Å²) in [7, 11) is 0. The van der Waals surface area contributed by atoms with Crippen LogP contribution in [0.3, 0.4) is 0 Å². The van der Waals surface area contributed by atoms with Gasteiger partial charge in [-0.25, -0.2) is 0 Å². The number of ether oxygens (including phenoxy) is 2. The van der Waals surface area contributed by atoms with Crippen LogP contribution in [-0.4, -0.2) is 43.6 Å². The van der Waals surface area contributed by atoms with E-state index in [0.29, 0.717) is 19.6 Å². The highest BCUT2D eigenvalue weighted by molar-refractivity contribution is 5.76. The Labute approximate surface area is 121 Å². The molecule has 5 nitrogen and oxygen atoms in total. The van der Waals surface area contributed by atoms with E-state index in [2.05, 4.69) is 11.8 Å². The van der Waals surface area contributed by atoms with Crippen LogP contribution in [-0.2, 0) is 0 Å². The van der Waals surface area contributed by atoms with E-state index in [4.69, 9.17) is 20.6 Å². The van der Waals surface area contributed by atoms with Crippen LogP contribution in [0.5, 0.6) is 11.5 Å². The van der Waals surface area contributed by atoms with Crippen LogP contribution >= 0.6 is 0 Å². The van der Waals surface area contributed by atoms with E-state index in [1.54, 1.807) is 0 Å². The van der Waals surface area contributed by atoms with Crippen LogP contribution in [0, 0.1) is 5.41 Å². The predicted octanol–water partition coefficient (Wildman–Crippen LogP) is 2.11. The van der Waals surface area contributed by atoms with E-state index in [1.807, 2.05) is 31.2 Å². The monoisotopic (exact) mass is 279 g/mol.